The summed E-state index contributed by atoms with van der Waals surface area (Å²) in [6.07, 6.45) is 38.7. The minimum Gasteiger partial charge on any atom is -0.462 e. The van der Waals surface area contributed by atoms with E-state index in [2.05, 4.69) is 53.7 Å². The molecular weight excluding hydrogens is 816 g/mol. The Morgan fingerprint density at radius 2 is 1.02 bits per heavy atom. The van der Waals surface area contributed by atoms with Gasteiger partial charge in [0.2, 0.25) is 0 Å². The van der Waals surface area contributed by atoms with Gasteiger partial charge in [0, 0.05) is 23.9 Å². The third-order valence-corrected chi connectivity index (χ3v) is 13.0. The lowest BCUT2D eigenvalue weighted by Crippen LogP contribution is -2.56. The molecule has 12 heteroatoms. The van der Waals surface area contributed by atoms with E-state index in [1.165, 1.54) is 121 Å². The molecule has 374 valence electrons. The average molecular weight is 918 g/mol. The molecule has 0 saturated carbocycles. The monoisotopic (exact) mass is 918 g/mol. The van der Waals surface area contributed by atoms with Gasteiger partial charge in [0.15, 0.2) is 6.10 Å². The zero-order chi connectivity index (χ0) is 47.3. The highest BCUT2D eigenvalue weighted by molar-refractivity contribution is 7.47. The first-order valence-corrected chi connectivity index (χ1v) is 27.3. The molecule has 2 N–H and O–H groups in total. The maximum atomic E-state index is 12.7. The van der Waals surface area contributed by atoms with Gasteiger partial charge in [-0.25, -0.2) is 4.57 Å². The normalized spacial score (nSPS) is 16.6. The summed E-state index contributed by atoms with van der Waals surface area (Å²) in [6, 6.07) is 0. The second-order valence-corrected chi connectivity index (χ2v) is 22.0. The first kappa shape index (κ1) is 61.7. The zero-order valence-electron chi connectivity index (χ0n) is 42.6. The number of carbonyl (C=O) groups excluding carboxylic acids is 2. The zero-order valence-corrected chi connectivity index (χ0v) is 43.5. The summed E-state index contributed by atoms with van der Waals surface area (Å²) < 4.78 is 34.3. The van der Waals surface area contributed by atoms with E-state index in [1.807, 2.05) is 21.1 Å². The van der Waals surface area contributed by atoms with Gasteiger partial charge in [-0.15, -0.1) is 0 Å². The molecule has 1 rings (SSSR count). The van der Waals surface area contributed by atoms with Crippen molar-refractivity contribution in [1.29, 1.82) is 0 Å². The van der Waals surface area contributed by atoms with Crippen LogP contribution in [0, 0.1) is 0 Å². The molecule has 0 aromatic heterocycles. The summed E-state index contributed by atoms with van der Waals surface area (Å²) in [7, 11) is 1.48. The van der Waals surface area contributed by atoms with E-state index in [0.717, 1.165) is 64.2 Å². The number of ether oxygens (including phenoxy) is 2. The number of nitrogens with zero attached hydrogens (tertiary/aromatic N) is 2. The van der Waals surface area contributed by atoms with E-state index in [-0.39, 0.29) is 36.7 Å². The summed E-state index contributed by atoms with van der Waals surface area (Å²) in [4.78, 5) is 35.3. The Morgan fingerprint density at radius 1 is 0.619 bits per heavy atom. The second-order valence-electron chi connectivity index (χ2n) is 20.5. The number of esters is 2. The molecule has 11 nitrogen and oxygen atoms in total. The van der Waals surface area contributed by atoms with Crippen molar-refractivity contribution in [1.82, 2.24) is 5.06 Å². The number of phosphoric ester groups is 1. The van der Waals surface area contributed by atoms with Crippen LogP contribution in [0.2, 0.25) is 0 Å². The van der Waals surface area contributed by atoms with Gasteiger partial charge in [0.25, 0.3) is 0 Å². The smallest absolute Gasteiger partial charge is 0.462 e. The minimum absolute atomic E-state index is 0.0331. The molecule has 0 aliphatic carbocycles. The lowest BCUT2D eigenvalue weighted by Gasteiger charge is -2.48. The number of hydrogen-bond donors (Lipinski definition) is 2. The van der Waals surface area contributed by atoms with Gasteiger partial charge in [-0.05, 0) is 85.5 Å². The number of hydrogen-bond acceptors (Lipinski definition) is 9. The van der Waals surface area contributed by atoms with Crippen molar-refractivity contribution in [2.75, 3.05) is 47.5 Å². The number of likely N-dealkylation sites (N-methyl/N-ethyl adjacent to an activating group) is 1. The molecule has 1 saturated heterocycles. The highest BCUT2D eigenvalue weighted by Gasteiger charge is 2.40. The van der Waals surface area contributed by atoms with E-state index in [0.29, 0.717) is 23.9 Å². The van der Waals surface area contributed by atoms with E-state index in [4.69, 9.17) is 18.5 Å². The fourth-order valence-corrected chi connectivity index (χ4v) is 8.62. The van der Waals surface area contributed by atoms with Crippen LogP contribution in [0.3, 0.4) is 0 Å². The Kier molecular flexibility index (Phi) is 36.9. The van der Waals surface area contributed by atoms with Crippen molar-refractivity contribution < 1.29 is 47.3 Å². The standard InChI is InChI=1S/C42H82NO8P.C9H19NO/c1-6-8-10-12-14-16-18-20-21-23-25-27-29-31-33-35-42(45)51-40(39-50-52(46,47)49-37-36-43(3,4)5)38-48-41(44)34-32-30-28-26-24-22-19-17-15-13-11-9-7-2;1-8(2)6-5-7-9(3,4)10(8)11/h20-21,40H,6-19,22-39H2,1-5H3;11H,5-7H2,1-4H3/p+1/b21-20-;/t40-;/m1./s1. The van der Waals surface area contributed by atoms with Crippen LogP contribution in [-0.2, 0) is 32.7 Å². The van der Waals surface area contributed by atoms with E-state index < -0.39 is 26.5 Å². The lowest BCUT2D eigenvalue weighted by molar-refractivity contribution is -0.870. The number of phosphoric acid groups is 1. The Bertz CT molecular complexity index is 1170. The number of unbranched alkanes of at least 4 members (excludes halogenated alkanes) is 23. The minimum atomic E-state index is -4.37. The molecule has 0 spiro atoms. The summed E-state index contributed by atoms with van der Waals surface area (Å²) in [5, 5.41) is 11.3. The van der Waals surface area contributed by atoms with Gasteiger partial charge in [-0.1, -0.05) is 154 Å². The maximum Gasteiger partial charge on any atom is 0.472 e. The first-order valence-electron chi connectivity index (χ1n) is 25.8. The molecule has 1 heterocycles. The van der Waals surface area contributed by atoms with Gasteiger partial charge in [-0.2, -0.15) is 5.06 Å². The molecule has 0 aromatic carbocycles. The summed E-state index contributed by atoms with van der Waals surface area (Å²) in [5.41, 5.74) is -0.0799. The van der Waals surface area contributed by atoms with Gasteiger partial charge < -0.3 is 24.1 Å². The number of hydroxylamine groups is 2. The van der Waals surface area contributed by atoms with Crippen molar-refractivity contribution in [2.45, 2.75) is 258 Å². The van der Waals surface area contributed by atoms with Crippen LogP contribution in [0.25, 0.3) is 0 Å². The van der Waals surface area contributed by atoms with Crippen LogP contribution < -0.4 is 0 Å². The lowest BCUT2D eigenvalue weighted by atomic mass is 9.82. The highest BCUT2D eigenvalue weighted by atomic mass is 31.2. The van der Waals surface area contributed by atoms with Gasteiger partial charge in [-0.3, -0.25) is 18.6 Å². The predicted molar refractivity (Wildman–Crippen MR) is 261 cm³/mol. The topological polar surface area (TPSA) is 132 Å². The first-order chi connectivity index (χ1) is 29.8. The number of rotatable bonds is 39. The van der Waals surface area contributed by atoms with Crippen molar-refractivity contribution >= 4 is 19.8 Å². The number of carbonyl (C=O) groups is 2. The van der Waals surface area contributed by atoms with Crippen LogP contribution in [-0.4, -0.2) is 96.3 Å². The second kappa shape index (κ2) is 37.7. The summed E-state index contributed by atoms with van der Waals surface area (Å²) in [6.45, 7) is 12.8. The molecule has 1 unspecified atom stereocenters. The van der Waals surface area contributed by atoms with Gasteiger partial charge in [0.1, 0.15) is 19.8 Å². The predicted octanol–water partition coefficient (Wildman–Crippen LogP) is 14.2. The van der Waals surface area contributed by atoms with Crippen molar-refractivity contribution in [3.63, 3.8) is 0 Å². The quantitative estimate of drug-likeness (QED) is 0.0202. The largest absolute Gasteiger partial charge is 0.472 e. The van der Waals surface area contributed by atoms with Crippen LogP contribution in [0.5, 0.6) is 0 Å². The Hall–Kier alpha value is -1.33. The molecule has 1 aliphatic heterocycles. The molecule has 1 fully saturated rings. The highest BCUT2D eigenvalue weighted by Crippen LogP contribution is 2.43. The van der Waals surface area contributed by atoms with Crippen LogP contribution in [0.1, 0.15) is 241 Å². The fourth-order valence-electron chi connectivity index (χ4n) is 7.88. The molecule has 2 atom stereocenters. The van der Waals surface area contributed by atoms with Crippen molar-refractivity contribution in [3.05, 3.63) is 12.2 Å². The van der Waals surface area contributed by atoms with Gasteiger partial charge >= 0.3 is 19.8 Å². The van der Waals surface area contributed by atoms with Crippen LogP contribution in [0.4, 0.5) is 0 Å². The fraction of sp³-hybridized carbons (Fsp3) is 0.922. The van der Waals surface area contributed by atoms with Crippen LogP contribution >= 0.6 is 7.82 Å². The summed E-state index contributed by atoms with van der Waals surface area (Å²) in [5.74, 6) is -0.801. The molecule has 0 bridgehead atoms. The van der Waals surface area contributed by atoms with Crippen molar-refractivity contribution in [3.8, 4) is 0 Å². The molecule has 0 aromatic rings. The Balaban J connectivity index is 0.00000301. The van der Waals surface area contributed by atoms with E-state index >= 15 is 0 Å². The Labute approximate surface area is 388 Å². The number of allylic oxidation sites excluding steroid dienone is 2. The molecular formula is C51H102N2O9P+. The SMILES string of the molecule is CC1(C)CCCC(C)(C)N1O.CCCCCCCC/C=C\CCCCCCCC(=O)O[C@H](COC(=O)CCCCCCCCCCCCCCC)COP(=O)(O)OCC[N+](C)(C)C. The molecule has 0 amide bonds. The van der Waals surface area contributed by atoms with E-state index in [1.54, 1.807) is 0 Å². The maximum absolute atomic E-state index is 12.7. The third kappa shape index (κ3) is 38.5. The summed E-state index contributed by atoms with van der Waals surface area (Å²) >= 11 is 0. The molecule has 63 heavy (non-hydrogen) atoms. The molecule has 1 aliphatic rings. The Morgan fingerprint density at radius 3 is 1.43 bits per heavy atom. The van der Waals surface area contributed by atoms with Crippen molar-refractivity contribution in [2.24, 2.45) is 0 Å². The third-order valence-electron chi connectivity index (χ3n) is 12.0. The molecule has 0 radical (unpaired) electrons. The van der Waals surface area contributed by atoms with Crippen LogP contribution in [0.15, 0.2) is 12.2 Å². The van der Waals surface area contributed by atoms with E-state index in [9.17, 15) is 24.3 Å². The average Bonchev–Trinajstić information content (AvgIpc) is 3.20. The number of piperidine rings is 1. The number of quaternary nitrogens is 1. The van der Waals surface area contributed by atoms with Gasteiger partial charge in [0.05, 0.1) is 27.7 Å².